The molecule has 0 radical (unpaired) electrons. The first kappa shape index (κ1) is 14.1. The van der Waals surface area contributed by atoms with Crippen molar-refractivity contribution in [2.24, 2.45) is 5.16 Å². The highest BCUT2D eigenvalue weighted by Crippen LogP contribution is 2.33. The summed E-state index contributed by atoms with van der Waals surface area (Å²) in [4.78, 5) is 5.41. The number of hydrogen-bond acceptors (Lipinski definition) is 2. The molecule has 1 aromatic rings. The zero-order valence-electron chi connectivity index (χ0n) is 12.1. The lowest BCUT2D eigenvalue weighted by atomic mass is 9.82. The van der Waals surface area contributed by atoms with E-state index in [2.05, 4.69) is 36.3 Å². The Morgan fingerprint density at radius 2 is 2.00 bits per heavy atom. The Kier molecular flexibility index (Phi) is 5.44. The van der Waals surface area contributed by atoms with Crippen LogP contribution in [0.15, 0.2) is 29.4 Å². The molecule has 104 valence electrons. The van der Waals surface area contributed by atoms with Gasteiger partial charge in [-0.15, -0.1) is 0 Å². The minimum Gasteiger partial charge on any atom is -0.393 e. The molecule has 2 nitrogen and oxygen atoms in total. The standard InChI is InChI=1S/C17H25NO/c1-3-14(2)19-18-13-16-11-7-8-12-17(16)15-9-5-4-6-10-15/h7-8,11-15H,3-6,9-10H2,1-2H3. The number of rotatable bonds is 5. The van der Waals surface area contributed by atoms with Crippen LogP contribution in [0.5, 0.6) is 0 Å². The number of oxime groups is 1. The Bertz CT molecular complexity index is 407. The van der Waals surface area contributed by atoms with E-state index in [4.69, 9.17) is 4.84 Å². The maximum Gasteiger partial charge on any atom is 0.124 e. The van der Waals surface area contributed by atoms with Gasteiger partial charge in [0, 0.05) is 0 Å². The Morgan fingerprint density at radius 1 is 1.26 bits per heavy atom. The van der Waals surface area contributed by atoms with Crippen LogP contribution >= 0.6 is 0 Å². The van der Waals surface area contributed by atoms with E-state index in [1.807, 2.05) is 13.1 Å². The van der Waals surface area contributed by atoms with Crippen LogP contribution < -0.4 is 0 Å². The van der Waals surface area contributed by atoms with Crippen LogP contribution in [0, 0.1) is 0 Å². The van der Waals surface area contributed by atoms with E-state index >= 15 is 0 Å². The first-order chi connectivity index (χ1) is 9.31. The molecule has 0 spiro atoms. The van der Waals surface area contributed by atoms with Gasteiger partial charge in [0.2, 0.25) is 0 Å². The third-order valence-electron chi connectivity index (χ3n) is 4.05. The van der Waals surface area contributed by atoms with Crippen molar-refractivity contribution < 1.29 is 4.84 Å². The summed E-state index contributed by atoms with van der Waals surface area (Å²) >= 11 is 0. The molecule has 0 aliphatic heterocycles. The van der Waals surface area contributed by atoms with Gasteiger partial charge in [0.15, 0.2) is 0 Å². The molecule has 1 unspecified atom stereocenters. The molecular formula is C17H25NO. The minimum atomic E-state index is 0.193. The molecule has 1 aliphatic rings. The summed E-state index contributed by atoms with van der Waals surface area (Å²) < 4.78 is 0. The third-order valence-corrected chi connectivity index (χ3v) is 4.05. The van der Waals surface area contributed by atoms with Crippen LogP contribution in [-0.4, -0.2) is 12.3 Å². The largest absolute Gasteiger partial charge is 0.393 e. The number of nitrogens with zero attached hydrogens (tertiary/aromatic N) is 1. The molecule has 2 heteroatoms. The minimum absolute atomic E-state index is 0.193. The van der Waals surface area contributed by atoms with Crippen molar-refractivity contribution in [1.29, 1.82) is 0 Å². The highest BCUT2D eigenvalue weighted by atomic mass is 16.6. The summed E-state index contributed by atoms with van der Waals surface area (Å²) in [6.07, 6.45) is 9.81. The van der Waals surface area contributed by atoms with Crippen molar-refractivity contribution in [3.8, 4) is 0 Å². The summed E-state index contributed by atoms with van der Waals surface area (Å²) in [5.41, 5.74) is 2.66. The van der Waals surface area contributed by atoms with Gasteiger partial charge in [0.1, 0.15) is 6.10 Å². The smallest absolute Gasteiger partial charge is 0.124 e. The average Bonchev–Trinajstić information content (AvgIpc) is 2.48. The van der Waals surface area contributed by atoms with Crippen LogP contribution in [-0.2, 0) is 4.84 Å². The fourth-order valence-corrected chi connectivity index (χ4v) is 2.68. The Hall–Kier alpha value is -1.31. The molecular weight excluding hydrogens is 234 g/mol. The van der Waals surface area contributed by atoms with Crippen molar-refractivity contribution in [2.75, 3.05) is 0 Å². The summed E-state index contributed by atoms with van der Waals surface area (Å²) in [5.74, 6) is 0.708. The summed E-state index contributed by atoms with van der Waals surface area (Å²) in [5, 5.41) is 4.14. The Balaban J connectivity index is 2.07. The first-order valence-electron chi connectivity index (χ1n) is 7.59. The van der Waals surface area contributed by atoms with E-state index in [9.17, 15) is 0 Å². The van der Waals surface area contributed by atoms with Gasteiger partial charge < -0.3 is 4.84 Å². The lowest BCUT2D eigenvalue weighted by Gasteiger charge is -2.23. The van der Waals surface area contributed by atoms with Gasteiger partial charge in [-0.3, -0.25) is 0 Å². The highest BCUT2D eigenvalue weighted by molar-refractivity contribution is 5.81. The van der Waals surface area contributed by atoms with Crippen LogP contribution in [0.2, 0.25) is 0 Å². The Morgan fingerprint density at radius 3 is 2.74 bits per heavy atom. The van der Waals surface area contributed by atoms with Gasteiger partial charge in [-0.2, -0.15) is 0 Å². The molecule has 1 atom stereocenters. The first-order valence-corrected chi connectivity index (χ1v) is 7.59. The van der Waals surface area contributed by atoms with E-state index in [1.165, 1.54) is 43.2 Å². The molecule has 0 amide bonds. The SMILES string of the molecule is CCC(C)ON=Cc1ccccc1C1CCCCC1. The van der Waals surface area contributed by atoms with Gasteiger partial charge in [0.25, 0.3) is 0 Å². The molecule has 0 aromatic heterocycles. The molecule has 1 aliphatic carbocycles. The summed E-state index contributed by atoms with van der Waals surface area (Å²) in [6, 6.07) is 8.61. The second-order valence-corrected chi connectivity index (χ2v) is 5.52. The monoisotopic (exact) mass is 259 g/mol. The fourth-order valence-electron chi connectivity index (χ4n) is 2.68. The fraction of sp³-hybridized carbons (Fsp3) is 0.588. The van der Waals surface area contributed by atoms with Crippen molar-refractivity contribution >= 4 is 6.21 Å². The number of hydrogen-bond donors (Lipinski definition) is 0. The maximum atomic E-state index is 5.41. The molecule has 1 aromatic carbocycles. The van der Waals surface area contributed by atoms with Crippen molar-refractivity contribution in [1.82, 2.24) is 0 Å². The molecule has 1 saturated carbocycles. The van der Waals surface area contributed by atoms with E-state index < -0.39 is 0 Å². The second kappa shape index (κ2) is 7.32. The summed E-state index contributed by atoms with van der Waals surface area (Å²) in [7, 11) is 0. The van der Waals surface area contributed by atoms with Crippen molar-refractivity contribution in [3.63, 3.8) is 0 Å². The molecule has 0 bridgehead atoms. The molecule has 19 heavy (non-hydrogen) atoms. The van der Waals surface area contributed by atoms with E-state index in [0.29, 0.717) is 5.92 Å². The predicted octanol–water partition coefficient (Wildman–Crippen LogP) is 4.88. The molecule has 0 heterocycles. The summed E-state index contributed by atoms with van der Waals surface area (Å²) in [6.45, 7) is 4.15. The topological polar surface area (TPSA) is 21.6 Å². The molecule has 0 saturated heterocycles. The maximum absolute atomic E-state index is 5.41. The predicted molar refractivity (Wildman–Crippen MR) is 80.7 cm³/mol. The zero-order chi connectivity index (χ0) is 13.5. The number of benzene rings is 1. The zero-order valence-corrected chi connectivity index (χ0v) is 12.1. The molecule has 2 rings (SSSR count). The van der Waals surface area contributed by atoms with E-state index in [1.54, 1.807) is 0 Å². The van der Waals surface area contributed by atoms with E-state index in [0.717, 1.165) is 6.42 Å². The average molecular weight is 259 g/mol. The normalized spacial score (nSPS) is 18.6. The highest BCUT2D eigenvalue weighted by Gasteiger charge is 2.17. The lowest BCUT2D eigenvalue weighted by molar-refractivity contribution is 0.0712. The molecule has 1 fully saturated rings. The third kappa shape index (κ3) is 4.09. The van der Waals surface area contributed by atoms with Gasteiger partial charge in [0.05, 0.1) is 6.21 Å². The van der Waals surface area contributed by atoms with Crippen molar-refractivity contribution in [3.05, 3.63) is 35.4 Å². The van der Waals surface area contributed by atoms with Gasteiger partial charge >= 0.3 is 0 Å². The van der Waals surface area contributed by atoms with Crippen LogP contribution in [0.25, 0.3) is 0 Å². The van der Waals surface area contributed by atoms with Gasteiger partial charge in [-0.05, 0) is 43.2 Å². The lowest BCUT2D eigenvalue weighted by Crippen LogP contribution is -2.07. The quantitative estimate of drug-likeness (QED) is 0.545. The van der Waals surface area contributed by atoms with E-state index in [-0.39, 0.29) is 6.10 Å². The second-order valence-electron chi connectivity index (χ2n) is 5.52. The van der Waals surface area contributed by atoms with Gasteiger partial charge in [-0.1, -0.05) is 55.6 Å². The van der Waals surface area contributed by atoms with Crippen LogP contribution in [0.3, 0.4) is 0 Å². The van der Waals surface area contributed by atoms with Crippen molar-refractivity contribution in [2.45, 2.75) is 64.4 Å². The van der Waals surface area contributed by atoms with Crippen LogP contribution in [0.4, 0.5) is 0 Å². The Labute approximate surface area is 116 Å². The molecule has 0 N–H and O–H groups in total. The van der Waals surface area contributed by atoms with Crippen LogP contribution in [0.1, 0.15) is 69.4 Å². The van der Waals surface area contributed by atoms with Gasteiger partial charge in [-0.25, -0.2) is 0 Å².